The summed E-state index contributed by atoms with van der Waals surface area (Å²) in [5, 5.41) is 1.35. The van der Waals surface area contributed by atoms with E-state index in [0.717, 1.165) is 11.8 Å². The Kier molecular flexibility index (Phi) is 8.50. The lowest BCUT2D eigenvalue weighted by molar-refractivity contribution is 0.555. The molecule has 0 saturated heterocycles. The second kappa shape index (κ2) is 11.1. The fourth-order valence-electron chi connectivity index (χ4n) is 4.40. The highest BCUT2D eigenvalue weighted by atomic mass is 32.2. The predicted molar refractivity (Wildman–Crippen MR) is 136 cm³/mol. The van der Waals surface area contributed by atoms with Crippen molar-refractivity contribution < 1.29 is 0 Å². The Morgan fingerprint density at radius 2 is 1.63 bits per heavy atom. The fourth-order valence-corrected chi connectivity index (χ4v) is 5.81. The van der Waals surface area contributed by atoms with Crippen LogP contribution in [0.15, 0.2) is 54.7 Å². The number of nitrogens with one attached hydrogen (secondary N) is 1. The molecule has 2 aromatic carbocycles. The van der Waals surface area contributed by atoms with Crippen LogP contribution in [0.3, 0.4) is 0 Å². The zero-order valence-corrected chi connectivity index (χ0v) is 20.3. The molecule has 3 rings (SSSR count). The minimum absolute atomic E-state index is 0.419. The third kappa shape index (κ3) is 6.17. The number of para-hydroxylation sites is 1. The molecule has 1 heterocycles. The summed E-state index contributed by atoms with van der Waals surface area (Å²) in [4.78, 5) is 3.48. The van der Waals surface area contributed by atoms with Crippen molar-refractivity contribution >= 4 is 22.7 Å². The van der Waals surface area contributed by atoms with E-state index in [9.17, 15) is 0 Å². The molecule has 3 aromatic rings. The minimum atomic E-state index is 0.419. The number of aromatic amines is 1. The van der Waals surface area contributed by atoms with Gasteiger partial charge in [0.2, 0.25) is 0 Å². The first-order valence-corrected chi connectivity index (χ1v) is 12.8. The maximum Gasteiger partial charge on any atom is 0.0457 e. The lowest BCUT2D eigenvalue weighted by Crippen LogP contribution is -2.09. The number of fused-ring (bicyclic) bond motifs is 1. The van der Waals surface area contributed by atoms with E-state index < -0.39 is 0 Å². The van der Waals surface area contributed by atoms with Gasteiger partial charge in [0.15, 0.2) is 0 Å². The molecule has 0 aliphatic carbocycles. The van der Waals surface area contributed by atoms with E-state index in [0.29, 0.717) is 11.8 Å². The molecule has 0 fully saturated rings. The molecule has 0 radical (unpaired) electrons. The maximum atomic E-state index is 3.48. The molecule has 2 unspecified atom stereocenters. The largest absolute Gasteiger partial charge is 0.361 e. The molecule has 1 N–H and O–H groups in total. The first kappa shape index (κ1) is 23.0. The Balaban J connectivity index is 1.68. The number of aromatic nitrogens is 1. The molecule has 2 heteroatoms. The van der Waals surface area contributed by atoms with Crippen LogP contribution in [0.1, 0.15) is 70.1 Å². The molecule has 0 saturated carbocycles. The topological polar surface area (TPSA) is 15.8 Å². The Morgan fingerprint density at radius 1 is 0.867 bits per heavy atom. The van der Waals surface area contributed by atoms with Crippen LogP contribution in [-0.2, 0) is 6.42 Å². The normalized spacial score (nSPS) is 14.0. The van der Waals surface area contributed by atoms with Gasteiger partial charge in [0.05, 0.1) is 0 Å². The lowest BCUT2D eigenvalue weighted by Gasteiger charge is -2.22. The number of H-pyrrole nitrogens is 1. The third-order valence-electron chi connectivity index (χ3n) is 6.11. The second-order valence-electron chi connectivity index (χ2n) is 9.65. The van der Waals surface area contributed by atoms with Gasteiger partial charge in [0, 0.05) is 23.0 Å². The van der Waals surface area contributed by atoms with Crippen LogP contribution in [0.4, 0.5) is 0 Å². The second-order valence-corrected chi connectivity index (χ2v) is 10.9. The molecule has 30 heavy (non-hydrogen) atoms. The van der Waals surface area contributed by atoms with Crippen molar-refractivity contribution in [1.29, 1.82) is 0 Å². The van der Waals surface area contributed by atoms with Gasteiger partial charge >= 0.3 is 0 Å². The summed E-state index contributed by atoms with van der Waals surface area (Å²) >= 11 is 2.13. The van der Waals surface area contributed by atoms with Crippen molar-refractivity contribution in [1.82, 2.24) is 4.98 Å². The van der Waals surface area contributed by atoms with Gasteiger partial charge in [0.25, 0.3) is 0 Å². The Hall–Kier alpha value is -1.67. The van der Waals surface area contributed by atoms with Crippen LogP contribution in [0.25, 0.3) is 10.9 Å². The van der Waals surface area contributed by atoms with Crippen LogP contribution in [-0.4, -0.2) is 16.5 Å². The number of thioether (sulfide) groups is 1. The van der Waals surface area contributed by atoms with Crippen LogP contribution in [0.5, 0.6) is 0 Å². The van der Waals surface area contributed by atoms with E-state index in [1.165, 1.54) is 58.4 Å². The fraction of sp³-hybridized carbons (Fsp3) is 0.500. The van der Waals surface area contributed by atoms with Crippen molar-refractivity contribution in [2.24, 2.45) is 17.8 Å². The van der Waals surface area contributed by atoms with E-state index in [1.807, 2.05) is 0 Å². The van der Waals surface area contributed by atoms with Crippen molar-refractivity contribution in [2.45, 2.75) is 59.8 Å². The van der Waals surface area contributed by atoms with E-state index in [2.05, 4.69) is 106 Å². The molecule has 0 bridgehead atoms. The Morgan fingerprint density at radius 3 is 2.40 bits per heavy atom. The van der Waals surface area contributed by atoms with Crippen LogP contribution in [0.2, 0.25) is 0 Å². The quantitative estimate of drug-likeness (QED) is 0.308. The van der Waals surface area contributed by atoms with Gasteiger partial charge in [-0.15, -0.1) is 0 Å². The summed E-state index contributed by atoms with van der Waals surface area (Å²) in [6.07, 6.45) is 6.05. The van der Waals surface area contributed by atoms with E-state index in [1.54, 1.807) is 0 Å². The zero-order valence-electron chi connectivity index (χ0n) is 19.4. The average molecular weight is 422 g/mol. The number of rotatable bonds is 11. The summed E-state index contributed by atoms with van der Waals surface area (Å²) in [6.45, 7) is 11.7. The number of hydrogen-bond acceptors (Lipinski definition) is 1. The summed E-state index contributed by atoms with van der Waals surface area (Å²) in [5.41, 5.74) is 5.59. The van der Waals surface area contributed by atoms with Gasteiger partial charge in [0.1, 0.15) is 0 Å². The summed E-state index contributed by atoms with van der Waals surface area (Å²) in [6, 6.07) is 18.0. The number of hydrogen-bond donors (Lipinski definition) is 1. The molecular weight excluding hydrogens is 382 g/mol. The van der Waals surface area contributed by atoms with Crippen LogP contribution < -0.4 is 0 Å². The molecule has 162 valence electrons. The zero-order chi connectivity index (χ0) is 21.5. The van der Waals surface area contributed by atoms with Crippen LogP contribution in [0, 0.1) is 17.8 Å². The molecule has 2 atom stereocenters. The molecule has 0 aliphatic heterocycles. The lowest BCUT2D eigenvalue weighted by atomic mass is 9.81. The smallest absolute Gasteiger partial charge is 0.0457 e. The third-order valence-corrected chi connectivity index (χ3v) is 7.16. The predicted octanol–water partition coefficient (Wildman–Crippen LogP) is 8.30. The average Bonchev–Trinajstić information content (AvgIpc) is 3.11. The van der Waals surface area contributed by atoms with Crippen molar-refractivity contribution in [3.05, 3.63) is 71.4 Å². The summed E-state index contributed by atoms with van der Waals surface area (Å²) < 4.78 is 0. The van der Waals surface area contributed by atoms with Gasteiger partial charge in [-0.2, -0.15) is 11.8 Å². The van der Waals surface area contributed by atoms with Crippen LogP contribution >= 0.6 is 11.8 Å². The first-order valence-electron chi connectivity index (χ1n) is 11.7. The number of benzene rings is 2. The highest BCUT2D eigenvalue weighted by molar-refractivity contribution is 7.99. The molecule has 0 aliphatic rings. The van der Waals surface area contributed by atoms with E-state index in [4.69, 9.17) is 0 Å². The molecular formula is C28H39NS. The molecule has 0 amide bonds. The van der Waals surface area contributed by atoms with E-state index in [-0.39, 0.29) is 0 Å². The Bertz CT molecular complexity index is 908. The van der Waals surface area contributed by atoms with Gasteiger partial charge < -0.3 is 4.98 Å². The SMILES string of the molecule is CC(C)CCSCCC(C)Cc1cccc(C(c2c[nH]c3ccccc23)C(C)C)c1. The molecule has 1 aromatic heterocycles. The highest BCUT2D eigenvalue weighted by Gasteiger charge is 2.21. The van der Waals surface area contributed by atoms with Gasteiger partial charge in [-0.1, -0.05) is 77.1 Å². The minimum Gasteiger partial charge on any atom is -0.361 e. The van der Waals surface area contributed by atoms with Gasteiger partial charge in [-0.05, 0) is 71.3 Å². The molecule has 0 spiro atoms. The van der Waals surface area contributed by atoms with Crippen molar-refractivity contribution in [3.8, 4) is 0 Å². The summed E-state index contributed by atoms with van der Waals surface area (Å²) in [5.74, 6) is 5.12. The highest BCUT2D eigenvalue weighted by Crippen LogP contribution is 2.36. The standard InChI is InChI=1S/C28H39NS/c1-20(2)13-15-30-16-14-22(5)17-23-9-8-10-24(18-23)28(21(3)4)26-19-29-27-12-7-6-11-25(26)27/h6-12,18-22,28-29H,13-17H2,1-5H3. The van der Waals surface area contributed by atoms with Gasteiger partial charge in [-0.3, -0.25) is 0 Å². The summed E-state index contributed by atoms with van der Waals surface area (Å²) in [7, 11) is 0. The van der Waals surface area contributed by atoms with Gasteiger partial charge in [-0.25, -0.2) is 0 Å². The Labute approximate surface area is 188 Å². The monoisotopic (exact) mass is 421 g/mol. The van der Waals surface area contributed by atoms with Crippen molar-refractivity contribution in [3.63, 3.8) is 0 Å². The molecule has 1 nitrogen and oxygen atoms in total. The maximum absolute atomic E-state index is 3.48. The van der Waals surface area contributed by atoms with E-state index >= 15 is 0 Å². The first-order chi connectivity index (χ1) is 14.5. The van der Waals surface area contributed by atoms with Crippen molar-refractivity contribution in [2.75, 3.05) is 11.5 Å².